The summed E-state index contributed by atoms with van der Waals surface area (Å²) in [6.07, 6.45) is -0.297. The van der Waals surface area contributed by atoms with Crippen molar-refractivity contribution in [1.29, 1.82) is 0 Å². The number of benzene rings is 2. The van der Waals surface area contributed by atoms with Crippen molar-refractivity contribution in [1.82, 2.24) is 0 Å². The number of hydrogen-bond donors (Lipinski definition) is 2. The molecule has 0 saturated carbocycles. The lowest BCUT2D eigenvalue weighted by molar-refractivity contribution is -0.123. The van der Waals surface area contributed by atoms with Crippen molar-refractivity contribution in [3.05, 3.63) is 48.0 Å². The average Bonchev–Trinajstić information content (AvgIpc) is 2.56. The highest BCUT2D eigenvalue weighted by atomic mass is 16.5. The molecule has 0 aliphatic rings. The van der Waals surface area contributed by atoms with Crippen LogP contribution < -0.4 is 20.1 Å². The largest absolute Gasteiger partial charge is 0.497 e. The topological polar surface area (TPSA) is 76.7 Å². The SMILES string of the molecule is COc1ccc(OC)c(NC(=O)CC(=O)Nc2ccc(C)cc2)c1. The van der Waals surface area contributed by atoms with E-state index in [-0.39, 0.29) is 6.42 Å². The molecule has 0 heterocycles. The quantitative estimate of drug-likeness (QED) is 0.799. The molecule has 6 nitrogen and oxygen atoms in total. The molecular formula is C18H20N2O4. The van der Waals surface area contributed by atoms with E-state index in [0.29, 0.717) is 22.9 Å². The molecule has 0 bridgehead atoms. The Morgan fingerprint density at radius 1 is 0.917 bits per heavy atom. The normalized spacial score (nSPS) is 9.96. The van der Waals surface area contributed by atoms with Gasteiger partial charge >= 0.3 is 0 Å². The van der Waals surface area contributed by atoms with Crippen LogP contribution in [0.15, 0.2) is 42.5 Å². The number of carbonyl (C=O) groups excluding carboxylic acids is 2. The van der Waals surface area contributed by atoms with Gasteiger partial charge in [0.1, 0.15) is 17.9 Å². The Morgan fingerprint density at radius 2 is 1.58 bits per heavy atom. The Morgan fingerprint density at radius 3 is 2.21 bits per heavy atom. The summed E-state index contributed by atoms with van der Waals surface area (Å²) in [6, 6.07) is 12.4. The van der Waals surface area contributed by atoms with E-state index in [9.17, 15) is 9.59 Å². The van der Waals surface area contributed by atoms with Gasteiger partial charge in [0.2, 0.25) is 11.8 Å². The number of methoxy groups -OCH3 is 2. The monoisotopic (exact) mass is 328 g/mol. The van der Waals surface area contributed by atoms with Gasteiger partial charge in [-0.2, -0.15) is 0 Å². The number of ether oxygens (including phenoxy) is 2. The molecule has 2 rings (SSSR count). The van der Waals surface area contributed by atoms with Crippen LogP contribution in [0.4, 0.5) is 11.4 Å². The van der Waals surface area contributed by atoms with Gasteiger partial charge < -0.3 is 20.1 Å². The van der Waals surface area contributed by atoms with Crippen LogP contribution >= 0.6 is 0 Å². The van der Waals surface area contributed by atoms with Gasteiger partial charge in [-0.05, 0) is 31.2 Å². The smallest absolute Gasteiger partial charge is 0.233 e. The summed E-state index contributed by atoms with van der Waals surface area (Å²) in [4.78, 5) is 24.0. The molecule has 0 spiro atoms. The third-order valence-corrected chi connectivity index (χ3v) is 3.34. The van der Waals surface area contributed by atoms with Crippen LogP contribution in [0.5, 0.6) is 11.5 Å². The maximum Gasteiger partial charge on any atom is 0.233 e. The number of carbonyl (C=O) groups is 2. The van der Waals surface area contributed by atoms with E-state index in [4.69, 9.17) is 9.47 Å². The van der Waals surface area contributed by atoms with Crippen LogP contribution in [-0.2, 0) is 9.59 Å². The maximum absolute atomic E-state index is 12.1. The van der Waals surface area contributed by atoms with Crippen molar-refractivity contribution in [3.63, 3.8) is 0 Å². The number of aryl methyl sites for hydroxylation is 1. The molecule has 0 atom stereocenters. The van der Waals surface area contributed by atoms with E-state index in [2.05, 4.69) is 10.6 Å². The molecule has 0 saturated heterocycles. The van der Waals surface area contributed by atoms with E-state index in [0.717, 1.165) is 5.56 Å². The molecule has 0 radical (unpaired) electrons. The zero-order valence-electron chi connectivity index (χ0n) is 13.9. The zero-order chi connectivity index (χ0) is 17.5. The summed E-state index contributed by atoms with van der Waals surface area (Å²) in [5.41, 5.74) is 2.19. The van der Waals surface area contributed by atoms with E-state index >= 15 is 0 Å². The minimum atomic E-state index is -0.439. The minimum absolute atomic E-state index is 0.297. The van der Waals surface area contributed by atoms with Crippen molar-refractivity contribution in [2.75, 3.05) is 24.9 Å². The Balaban J connectivity index is 1.97. The second-order valence-electron chi connectivity index (χ2n) is 5.21. The van der Waals surface area contributed by atoms with Gasteiger partial charge in [0.15, 0.2) is 0 Å². The van der Waals surface area contributed by atoms with Gasteiger partial charge in [-0.25, -0.2) is 0 Å². The number of anilines is 2. The molecule has 0 aliphatic heterocycles. The van der Waals surface area contributed by atoms with E-state index in [1.165, 1.54) is 14.2 Å². The molecule has 0 aliphatic carbocycles. The summed E-state index contributed by atoms with van der Waals surface area (Å²) >= 11 is 0. The number of nitrogens with one attached hydrogen (secondary N) is 2. The van der Waals surface area contributed by atoms with Crippen LogP contribution in [0, 0.1) is 6.92 Å². The third-order valence-electron chi connectivity index (χ3n) is 3.34. The number of amides is 2. The Hall–Kier alpha value is -3.02. The summed E-state index contributed by atoms with van der Waals surface area (Å²) in [6.45, 7) is 1.96. The van der Waals surface area contributed by atoms with Gasteiger partial charge in [-0.15, -0.1) is 0 Å². The van der Waals surface area contributed by atoms with Crippen molar-refractivity contribution in [2.24, 2.45) is 0 Å². The zero-order valence-corrected chi connectivity index (χ0v) is 13.9. The molecular weight excluding hydrogens is 308 g/mol. The number of rotatable bonds is 6. The van der Waals surface area contributed by atoms with Crippen molar-refractivity contribution in [2.45, 2.75) is 13.3 Å². The fraction of sp³-hybridized carbons (Fsp3) is 0.222. The summed E-state index contributed by atoms with van der Waals surface area (Å²) in [7, 11) is 3.03. The van der Waals surface area contributed by atoms with Gasteiger partial charge in [0, 0.05) is 11.8 Å². The van der Waals surface area contributed by atoms with Gasteiger partial charge in [0.25, 0.3) is 0 Å². The minimum Gasteiger partial charge on any atom is -0.497 e. The average molecular weight is 328 g/mol. The third kappa shape index (κ3) is 4.74. The van der Waals surface area contributed by atoms with E-state index < -0.39 is 11.8 Å². The first kappa shape index (κ1) is 17.3. The molecule has 126 valence electrons. The van der Waals surface area contributed by atoms with Crippen molar-refractivity contribution in [3.8, 4) is 11.5 Å². The van der Waals surface area contributed by atoms with Gasteiger partial charge in [0.05, 0.1) is 19.9 Å². The Labute approximate surface area is 140 Å². The van der Waals surface area contributed by atoms with Crippen LogP contribution in [0.2, 0.25) is 0 Å². The molecule has 24 heavy (non-hydrogen) atoms. The van der Waals surface area contributed by atoms with Crippen LogP contribution in [0.25, 0.3) is 0 Å². The standard InChI is InChI=1S/C18H20N2O4/c1-12-4-6-13(7-5-12)19-17(21)11-18(22)20-15-10-14(23-2)8-9-16(15)24-3/h4-10H,11H2,1-3H3,(H,19,21)(H,20,22). The first-order valence-corrected chi connectivity index (χ1v) is 7.40. The second kappa shape index (κ2) is 8.01. The molecule has 0 unspecified atom stereocenters. The highest BCUT2D eigenvalue weighted by molar-refractivity contribution is 6.08. The molecule has 6 heteroatoms. The molecule has 0 fully saturated rings. The summed E-state index contributed by atoms with van der Waals surface area (Å²) in [5, 5.41) is 5.34. The van der Waals surface area contributed by atoms with Crippen LogP contribution in [0.1, 0.15) is 12.0 Å². The second-order valence-corrected chi connectivity index (χ2v) is 5.21. The predicted octanol–water partition coefficient (Wildman–Crippen LogP) is 2.98. The maximum atomic E-state index is 12.1. The Bertz CT molecular complexity index is 726. The predicted molar refractivity (Wildman–Crippen MR) is 92.6 cm³/mol. The van der Waals surface area contributed by atoms with Crippen molar-refractivity contribution >= 4 is 23.2 Å². The molecule has 2 aromatic carbocycles. The first-order chi connectivity index (χ1) is 11.5. The van der Waals surface area contributed by atoms with Crippen LogP contribution in [0.3, 0.4) is 0 Å². The van der Waals surface area contributed by atoms with Gasteiger partial charge in [-0.1, -0.05) is 17.7 Å². The lowest BCUT2D eigenvalue weighted by atomic mass is 10.2. The fourth-order valence-corrected chi connectivity index (χ4v) is 2.09. The highest BCUT2D eigenvalue weighted by Crippen LogP contribution is 2.28. The molecule has 2 amide bonds. The van der Waals surface area contributed by atoms with E-state index in [1.807, 2.05) is 19.1 Å². The van der Waals surface area contributed by atoms with E-state index in [1.54, 1.807) is 30.3 Å². The lowest BCUT2D eigenvalue weighted by Crippen LogP contribution is -2.21. The van der Waals surface area contributed by atoms with Crippen LogP contribution in [-0.4, -0.2) is 26.0 Å². The molecule has 2 N–H and O–H groups in total. The lowest BCUT2D eigenvalue weighted by Gasteiger charge is -2.12. The summed E-state index contributed by atoms with van der Waals surface area (Å²) in [5.74, 6) is 0.239. The molecule has 0 aromatic heterocycles. The fourth-order valence-electron chi connectivity index (χ4n) is 2.09. The summed E-state index contributed by atoms with van der Waals surface area (Å²) < 4.78 is 10.3. The van der Waals surface area contributed by atoms with Crippen molar-refractivity contribution < 1.29 is 19.1 Å². The van der Waals surface area contributed by atoms with Gasteiger partial charge in [-0.3, -0.25) is 9.59 Å². The highest BCUT2D eigenvalue weighted by Gasteiger charge is 2.13. The Kier molecular flexibility index (Phi) is 5.78. The first-order valence-electron chi connectivity index (χ1n) is 7.40. The molecule has 2 aromatic rings. The number of hydrogen-bond acceptors (Lipinski definition) is 4.